The number of allylic oxidation sites excluding steroid dienone is 4. The van der Waals surface area contributed by atoms with Crippen LogP contribution in [0.2, 0.25) is 0 Å². The summed E-state index contributed by atoms with van der Waals surface area (Å²) in [6, 6.07) is 0. The fraction of sp³-hybridized carbons (Fsp3) is 0. The molecule has 1 aliphatic heterocycles. The van der Waals surface area contributed by atoms with Crippen molar-refractivity contribution in [1.82, 2.24) is 0 Å². The molecular weight excluding hydrogens is 96.9 g/mol. The molecule has 2 heteroatoms. The molecule has 0 saturated carbocycles. The van der Waals surface area contributed by atoms with E-state index in [0.29, 0.717) is 0 Å². The third-order valence-corrected chi connectivity index (χ3v) is 0.789. The quantitative estimate of drug-likeness (QED) is 0.411. The van der Waals surface area contributed by atoms with Gasteiger partial charge >= 0.3 is 48.4 Å². The fourth-order valence-corrected chi connectivity index (χ4v) is 0.441. The van der Waals surface area contributed by atoms with Crippen molar-refractivity contribution in [3.05, 3.63) is 36.5 Å². The van der Waals surface area contributed by atoms with Gasteiger partial charge in [-0.25, -0.2) is 0 Å². The molecule has 8 heavy (non-hydrogen) atoms. The third kappa shape index (κ3) is 1.69. The van der Waals surface area contributed by atoms with Gasteiger partial charge in [0.25, 0.3) is 0 Å². The molecule has 0 radical (unpaired) electrons. The Bertz CT molecular complexity index is 109. The molecule has 0 aromatic heterocycles. The Hall–Kier alpha value is -0.915. The van der Waals surface area contributed by atoms with Crippen LogP contribution in [-0.2, 0) is 0 Å². The van der Waals surface area contributed by atoms with Gasteiger partial charge in [0.05, 0.1) is 0 Å². The first-order chi connectivity index (χ1) is 4.00. The summed E-state index contributed by atoms with van der Waals surface area (Å²) in [5, 5.41) is 0. The van der Waals surface area contributed by atoms with Gasteiger partial charge < -0.3 is 0 Å². The molecule has 0 N–H and O–H groups in total. The van der Waals surface area contributed by atoms with E-state index in [-0.39, 0.29) is 0 Å². The Labute approximate surface area is 49.4 Å². The first kappa shape index (κ1) is 5.23. The summed E-state index contributed by atoms with van der Waals surface area (Å²) < 4.78 is 0. The maximum absolute atomic E-state index is 3.89. The molecule has 1 aliphatic rings. The van der Waals surface area contributed by atoms with Gasteiger partial charge in [-0.2, -0.15) is 0 Å². The zero-order valence-corrected chi connectivity index (χ0v) is 4.49. The Morgan fingerprint density at radius 2 is 1.88 bits per heavy atom. The SMILES string of the molecule is B1=NC=CC=CC=C1. The van der Waals surface area contributed by atoms with E-state index < -0.39 is 0 Å². The van der Waals surface area contributed by atoms with E-state index in [0.717, 1.165) is 0 Å². The molecule has 1 heterocycles. The molecule has 1 nitrogen and oxygen atoms in total. The predicted molar refractivity (Wildman–Crippen MR) is 35.6 cm³/mol. The van der Waals surface area contributed by atoms with Crippen molar-refractivity contribution in [2.24, 2.45) is 4.90 Å². The number of rotatable bonds is 0. The van der Waals surface area contributed by atoms with Crippen molar-refractivity contribution in [1.29, 1.82) is 0 Å². The number of hydrogen-bond donors (Lipinski definition) is 0. The van der Waals surface area contributed by atoms with Crippen molar-refractivity contribution < 1.29 is 0 Å². The van der Waals surface area contributed by atoms with Crippen molar-refractivity contribution >= 4 is 7.07 Å². The van der Waals surface area contributed by atoms with E-state index in [4.69, 9.17) is 0 Å². The summed E-state index contributed by atoms with van der Waals surface area (Å²) in [7, 11) is 1.75. The summed E-state index contributed by atoms with van der Waals surface area (Å²) in [5.41, 5.74) is 0. The maximum atomic E-state index is 3.89. The molecule has 0 aliphatic carbocycles. The Morgan fingerprint density at radius 1 is 1.00 bits per heavy atom. The number of nitrogens with zero attached hydrogens (tertiary/aromatic N) is 1. The minimum atomic E-state index is 1.75. The van der Waals surface area contributed by atoms with E-state index in [2.05, 4.69) is 4.90 Å². The van der Waals surface area contributed by atoms with Gasteiger partial charge in [-0.15, -0.1) is 0 Å². The van der Waals surface area contributed by atoms with E-state index in [1.807, 2.05) is 30.3 Å². The zero-order chi connectivity index (χ0) is 5.66. The molecule has 0 unspecified atom stereocenters. The molecule has 0 bridgehead atoms. The monoisotopic (exact) mass is 103 g/mol. The van der Waals surface area contributed by atoms with E-state index >= 15 is 0 Å². The molecule has 0 fully saturated rings. The van der Waals surface area contributed by atoms with Crippen LogP contribution in [0.15, 0.2) is 41.4 Å². The zero-order valence-electron chi connectivity index (χ0n) is 4.49. The third-order valence-electron chi connectivity index (χ3n) is 0.789. The van der Waals surface area contributed by atoms with E-state index in [1.165, 1.54) is 0 Å². The van der Waals surface area contributed by atoms with E-state index in [9.17, 15) is 0 Å². The van der Waals surface area contributed by atoms with E-state index in [1.54, 1.807) is 13.3 Å². The van der Waals surface area contributed by atoms with Crippen LogP contribution < -0.4 is 0 Å². The van der Waals surface area contributed by atoms with Crippen LogP contribution in [0.1, 0.15) is 0 Å². The Kier molecular flexibility index (Phi) is 2.05. The summed E-state index contributed by atoms with van der Waals surface area (Å²) >= 11 is 0. The second-order valence-corrected chi connectivity index (χ2v) is 1.41. The van der Waals surface area contributed by atoms with Crippen molar-refractivity contribution in [2.45, 2.75) is 0 Å². The van der Waals surface area contributed by atoms with Crippen LogP contribution in [0.4, 0.5) is 0 Å². The second-order valence-electron chi connectivity index (χ2n) is 1.41. The van der Waals surface area contributed by atoms with Crippen molar-refractivity contribution in [2.75, 3.05) is 0 Å². The molecule has 1 rings (SSSR count). The topological polar surface area (TPSA) is 12.4 Å². The van der Waals surface area contributed by atoms with Crippen LogP contribution in [0.5, 0.6) is 0 Å². The van der Waals surface area contributed by atoms with Gasteiger partial charge in [-0.1, -0.05) is 0 Å². The van der Waals surface area contributed by atoms with Crippen LogP contribution in [0.25, 0.3) is 0 Å². The van der Waals surface area contributed by atoms with Crippen LogP contribution >= 0.6 is 0 Å². The van der Waals surface area contributed by atoms with Gasteiger partial charge in [-0.05, 0) is 0 Å². The van der Waals surface area contributed by atoms with Crippen LogP contribution in [-0.4, -0.2) is 7.07 Å². The molecule has 38 valence electrons. The van der Waals surface area contributed by atoms with Gasteiger partial charge in [-0.3, -0.25) is 0 Å². The first-order valence-electron chi connectivity index (χ1n) is 2.52. The first-order valence-corrected chi connectivity index (χ1v) is 2.52. The van der Waals surface area contributed by atoms with Crippen LogP contribution in [0, 0.1) is 0 Å². The normalized spacial score (nSPS) is 15.0. The van der Waals surface area contributed by atoms with Gasteiger partial charge in [0.2, 0.25) is 0 Å². The fourth-order valence-electron chi connectivity index (χ4n) is 0.441. The molecule has 0 amide bonds. The average Bonchev–Trinajstić information content (AvgIpc) is 1.62. The van der Waals surface area contributed by atoms with Gasteiger partial charge in [0.15, 0.2) is 0 Å². The number of hydrogen-bond acceptors (Lipinski definition) is 1. The molecular formula is C6H6BN. The summed E-state index contributed by atoms with van der Waals surface area (Å²) in [6.07, 6.45) is 9.47. The van der Waals surface area contributed by atoms with Gasteiger partial charge in [0.1, 0.15) is 0 Å². The Morgan fingerprint density at radius 3 is 2.88 bits per heavy atom. The molecule has 0 saturated heterocycles. The Balaban J connectivity index is 2.67. The molecule has 0 aromatic rings. The average molecular weight is 103 g/mol. The summed E-state index contributed by atoms with van der Waals surface area (Å²) in [5.74, 6) is 1.89. The standard InChI is InChI=1S/C6H6BN/c1-2-4-6-8-7-5-3-1/h1-6H. The molecule has 0 atom stereocenters. The second kappa shape index (κ2) is 3.13. The molecule has 0 spiro atoms. The summed E-state index contributed by atoms with van der Waals surface area (Å²) in [6.45, 7) is 0. The molecule has 0 aromatic carbocycles. The van der Waals surface area contributed by atoms with Gasteiger partial charge in [0, 0.05) is 0 Å². The van der Waals surface area contributed by atoms with Crippen molar-refractivity contribution in [3.8, 4) is 0 Å². The van der Waals surface area contributed by atoms with Crippen molar-refractivity contribution in [3.63, 3.8) is 0 Å². The minimum absolute atomic E-state index is 1.75. The summed E-state index contributed by atoms with van der Waals surface area (Å²) in [4.78, 5) is 3.89. The van der Waals surface area contributed by atoms with Crippen LogP contribution in [0.3, 0.4) is 0 Å². The predicted octanol–water partition coefficient (Wildman–Crippen LogP) is 1.47.